The Kier molecular flexibility index (Phi) is 5.06. The number of aryl methyl sites for hydroxylation is 3. The number of nitrogens with one attached hydrogen (secondary N) is 1. The van der Waals surface area contributed by atoms with Crippen molar-refractivity contribution in [3.05, 3.63) is 106 Å². The average molecular weight is 463 g/mol. The standard InChI is InChI=1S/C30H26N2O3/c1-18-10-14-22(15-11-18)32-27(24-17-31-25-9-5-4-8-23(24)25)26(29(34)30(32)35)28(33)21-13-12-19-6-2-3-7-20(19)16-21/h4-5,8-17,27,31,33H,2-3,6-7H2,1H3/b28-26+. The van der Waals surface area contributed by atoms with Crippen LogP contribution >= 0.6 is 0 Å². The van der Waals surface area contributed by atoms with E-state index in [1.54, 1.807) is 0 Å². The van der Waals surface area contributed by atoms with Gasteiger partial charge >= 0.3 is 0 Å². The summed E-state index contributed by atoms with van der Waals surface area (Å²) >= 11 is 0. The molecule has 3 aromatic carbocycles. The van der Waals surface area contributed by atoms with Gasteiger partial charge < -0.3 is 10.1 Å². The van der Waals surface area contributed by atoms with Crippen molar-refractivity contribution in [3.8, 4) is 0 Å². The van der Waals surface area contributed by atoms with Crippen LogP contribution in [0.4, 0.5) is 5.69 Å². The van der Waals surface area contributed by atoms with Gasteiger partial charge in [-0.05, 0) is 68.0 Å². The second-order valence-electron chi connectivity index (χ2n) is 9.48. The number of aromatic nitrogens is 1. The fourth-order valence-corrected chi connectivity index (χ4v) is 5.45. The molecule has 2 heterocycles. The lowest BCUT2D eigenvalue weighted by molar-refractivity contribution is -0.132. The number of para-hydroxylation sites is 1. The average Bonchev–Trinajstić information content (AvgIpc) is 3.42. The molecule has 6 rings (SSSR count). The van der Waals surface area contributed by atoms with Crippen molar-refractivity contribution in [1.82, 2.24) is 4.98 Å². The van der Waals surface area contributed by atoms with E-state index < -0.39 is 17.7 Å². The minimum absolute atomic E-state index is 0.121. The van der Waals surface area contributed by atoms with Crippen LogP contribution in [-0.2, 0) is 22.4 Å². The molecule has 0 saturated carbocycles. The number of rotatable bonds is 3. The number of anilines is 1. The van der Waals surface area contributed by atoms with Crippen LogP contribution in [0, 0.1) is 6.92 Å². The van der Waals surface area contributed by atoms with Crippen LogP contribution < -0.4 is 4.90 Å². The monoisotopic (exact) mass is 462 g/mol. The van der Waals surface area contributed by atoms with Crippen molar-refractivity contribution in [3.63, 3.8) is 0 Å². The molecule has 1 saturated heterocycles. The van der Waals surface area contributed by atoms with Gasteiger partial charge in [-0.2, -0.15) is 0 Å². The van der Waals surface area contributed by atoms with Crippen LogP contribution in [-0.4, -0.2) is 21.8 Å². The highest BCUT2D eigenvalue weighted by Gasteiger charge is 2.47. The number of Topliss-reactive ketones (excluding diaryl/α,β-unsaturated/α-hetero) is 1. The van der Waals surface area contributed by atoms with E-state index in [9.17, 15) is 14.7 Å². The van der Waals surface area contributed by atoms with E-state index in [2.05, 4.69) is 4.98 Å². The van der Waals surface area contributed by atoms with Gasteiger partial charge in [0.15, 0.2) is 0 Å². The maximum Gasteiger partial charge on any atom is 0.300 e. The molecule has 0 spiro atoms. The van der Waals surface area contributed by atoms with Crippen molar-refractivity contribution >= 4 is 34.0 Å². The van der Waals surface area contributed by atoms with E-state index >= 15 is 0 Å². The fraction of sp³-hybridized carbons (Fsp3) is 0.200. The van der Waals surface area contributed by atoms with E-state index in [4.69, 9.17) is 0 Å². The van der Waals surface area contributed by atoms with Gasteiger partial charge in [0, 0.05) is 33.9 Å². The van der Waals surface area contributed by atoms with Crippen molar-refractivity contribution in [2.24, 2.45) is 0 Å². The Morgan fingerprint density at radius 2 is 1.69 bits per heavy atom. The first-order chi connectivity index (χ1) is 17.0. The topological polar surface area (TPSA) is 73.4 Å². The summed E-state index contributed by atoms with van der Waals surface area (Å²) in [5, 5.41) is 12.4. The SMILES string of the molecule is Cc1ccc(N2C(=O)C(=O)/C(=C(/O)c3ccc4c(c3)CCCC4)C2c2c[nH]c3ccccc23)cc1. The first-order valence-corrected chi connectivity index (χ1v) is 12.1. The quantitative estimate of drug-likeness (QED) is 0.223. The lowest BCUT2D eigenvalue weighted by atomic mass is 9.88. The summed E-state index contributed by atoms with van der Waals surface area (Å²) in [6.07, 6.45) is 6.11. The molecule has 174 valence electrons. The summed E-state index contributed by atoms with van der Waals surface area (Å²) in [6.45, 7) is 1.98. The Hall–Kier alpha value is -4.12. The molecule has 2 N–H and O–H groups in total. The summed E-state index contributed by atoms with van der Waals surface area (Å²) in [7, 11) is 0. The second-order valence-corrected chi connectivity index (χ2v) is 9.48. The molecule has 35 heavy (non-hydrogen) atoms. The Morgan fingerprint density at radius 1 is 0.943 bits per heavy atom. The lowest BCUT2D eigenvalue weighted by Gasteiger charge is -2.25. The van der Waals surface area contributed by atoms with Gasteiger partial charge in [0.1, 0.15) is 5.76 Å². The first-order valence-electron chi connectivity index (χ1n) is 12.1. The van der Waals surface area contributed by atoms with Crippen LogP contribution in [0.5, 0.6) is 0 Å². The molecule has 0 radical (unpaired) electrons. The Bertz CT molecular complexity index is 1510. The summed E-state index contributed by atoms with van der Waals surface area (Å²) in [5.41, 5.74) is 6.57. The van der Waals surface area contributed by atoms with Gasteiger partial charge in [-0.3, -0.25) is 14.5 Å². The molecular weight excluding hydrogens is 436 g/mol. The molecule has 1 aliphatic heterocycles. The van der Waals surface area contributed by atoms with Gasteiger partial charge in [-0.25, -0.2) is 0 Å². The first kappa shape index (κ1) is 21.4. The number of H-pyrrole nitrogens is 1. The van der Waals surface area contributed by atoms with Gasteiger partial charge in [0.25, 0.3) is 11.7 Å². The summed E-state index contributed by atoms with van der Waals surface area (Å²) in [5.74, 6) is -1.43. The number of amides is 1. The van der Waals surface area contributed by atoms with E-state index in [0.717, 1.165) is 41.3 Å². The number of aromatic amines is 1. The molecule has 5 heteroatoms. The number of nitrogens with zero attached hydrogens (tertiary/aromatic N) is 1. The maximum absolute atomic E-state index is 13.5. The number of ketones is 1. The Balaban J connectivity index is 1.57. The Morgan fingerprint density at radius 3 is 2.49 bits per heavy atom. The molecule has 2 aliphatic rings. The molecular formula is C30H26N2O3. The molecule has 1 aromatic heterocycles. The number of benzene rings is 3. The number of hydrogen-bond donors (Lipinski definition) is 2. The van der Waals surface area contributed by atoms with E-state index in [0.29, 0.717) is 11.3 Å². The highest BCUT2D eigenvalue weighted by molar-refractivity contribution is 6.51. The van der Waals surface area contributed by atoms with Crippen LogP contribution in [0.1, 0.15) is 46.7 Å². The van der Waals surface area contributed by atoms with E-state index in [1.807, 2.05) is 79.9 Å². The molecule has 0 bridgehead atoms. The second kappa shape index (κ2) is 8.27. The molecule has 1 fully saturated rings. The number of fused-ring (bicyclic) bond motifs is 2. The smallest absolute Gasteiger partial charge is 0.300 e. The molecule has 5 nitrogen and oxygen atoms in total. The van der Waals surface area contributed by atoms with Crippen LogP contribution in [0.15, 0.2) is 78.5 Å². The van der Waals surface area contributed by atoms with Gasteiger partial charge in [-0.1, -0.05) is 48.0 Å². The number of carbonyl (C=O) groups excluding carboxylic acids is 2. The van der Waals surface area contributed by atoms with Crippen molar-refractivity contribution in [2.45, 2.75) is 38.6 Å². The fourth-order valence-electron chi connectivity index (χ4n) is 5.45. The number of aliphatic hydroxyl groups is 1. The highest BCUT2D eigenvalue weighted by atomic mass is 16.3. The zero-order valence-electron chi connectivity index (χ0n) is 19.5. The summed E-state index contributed by atoms with van der Waals surface area (Å²) in [6, 6.07) is 20.5. The van der Waals surface area contributed by atoms with Crippen molar-refractivity contribution in [2.75, 3.05) is 4.90 Å². The van der Waals surface area contributed by atoms with Crippen molar-refractivity contribution in [1.29, 1.82) is 0 Å². The Labute approximate surface area is 203 Å². The molecule has 1 amide bonds. The molecule has 1 atom stereocenters. The third-order valence-corrected chi connectivity index (χ3v) is 7.29. The third kappa shape index (κ3) is 3.46. The number of aliphatic hydroxyl groups excluding tert-OH is 1. The van der Waals surface area contributed by atoms with E-state index in [1.165, 1.54) is 22.4 Å². The van der Waals surface area contributed by atoms with E-state index in [-0.39, 0.29) is 11.3 Å². The minimum atomic E-state index is -0.745. The van der Waals surface area contributed by atoms with Crippen LogP contribution in [0.25, 0.3) is 16.7 Å². The summed E-state index contributed by atoms with van der Waals surface area (Å²) in [4.78, 5) is 31.7. The minimum Gasteiger partial charge on any atom is -0.507 e. The van der Waals surface area contributed by atoms with Gasteiger partial charge in [0.05, 0.1) is 11.6 Å². The predicted octanol–water partition coefficient (Wildman–Crippen LogP) is 5.98. The number of hydrogen-bond acceptors (Lipinski definition) is 3. The van der Waals surface area contributed by atoms with Gasteiger partial charge in [-0.15, -0.1) is 0 Å². The van der Waals surface area contributed by atoms with Gasteiger partial charge in [0.2, 0.25) is 0 Å². The maximum atomic E-state index is 13.5. The normalized spacial score (nSPS) is 19.3. The highest BCUT2D eigenvalue weighted by Crippen LogP contribution is 2.44. The number of carbonyl (C=O) groups is 2. The molecule has 1 unspecified atom stereocenters. The predicted molar refractivity (Wildman–Crippen MR) is 137 cm³/mol. The lowest BCUT2D eigenvalue weighted by Crippen LogP contribution is -2.29. The van der Waals surface area contributed by atoms with Crippen LogP contribution in [0.2, 0.25) is 0 Å². The van der Waals surface area contributed by atoms with Crippen molar-refractivity contribution < 1.29 is 14.7 Å². The third-order valence-electron chi connectivity index (χ3n) is 7.29. The largest absolute Gasteiger partial charge is 0.507 e. The zero-order valence-corrected chi connectivity index (χ0v) is 19.5. The molecule has 4 aromatic rings. The summed E-state index contributed by atoms with van der Waals surface area (Å²) < 4.78 is 0. The zero-order chi connectivity index (χ0) is 24.1. The molecule has 1 aliphatic carbocycles. The van der Waals surface area contributed by atoms with Crippen LogP contribution in [0.3, 0.4) is 0 Å².